The van der Waals surface area contributed by atoms with Crippen LogP contribution in [0.4, 0.5) is 0 Å². The predicted octanol–water partition coefficient (Wildman–Crippen LogP) is 2.75. The first kappa shape index (κ1) is 15.6. The highest BCUT2D eigenvalue weighted by Crippen LogP contribution is 2.54. The summed E-state index contributed by atoms with van der Waals surface area (Å²) in [6, 6.07) is 3.91. The lowest BCUT2D eigenvalue weighted by Gasteiger charge is -2.29. The molecule has 25 heavy (non-hydrogen) atoms. The van der Waals surface area contributed by atoms with Crippen LogP contribution in [0.25, 0.3) is 0 Å². The number of nitrogens with zero attached hydrogens (tertiary/aromatic N) is 1. The van der Waals surface area contributed by atoms with Gasteiger partial charge in [-0.2, -0.15) is 11.3 Å². The van der Waals surface area contributed by atoms with Gasteiger partial charge in [0.25, 0.3) is 5.91 Å². The van der Waals surface area contributed by atoms with Crippen LogP contribution >= 0.6 is 11.3 Å². The summed E-state index contributed by atoms with van der Waals surface area (Å²) in [6.07, 6.45) is 5.61. The van der Waals surface area contributed by atoms with Crippen LogP contribution in [-0.4, -0.2) is 42.1 Å². The van der Waals surface area contributed by atoms with Crippen molar-refractivity contribution in [3.05, 3.63) is 46.5 Å². The smallest absolute Gasteiger partial charge is 0.254 e. The first-order chi connectivity index (χ1) is 12.2. The maximum atomic E-state index is 12.2. The van der Waals surface area contributed by atoms with E-state index in [1.54, 1.807) is 17.4 Å². The van der Waals surface area contributed by atoms with Crippen molar-refractivity contribution in [2.24, 2.45) is 11.8 Å². The number of rotatable bonds is 5. The summed E-state index contributed by atoms with van der Waals surface area (Å²) in [4.78, 5) is 14.7. The molecule has 3 aliphatic heterocycles. The Morgan fingerprint density at radius 3 is 3.20 bits per heavy atom. The molecule has 3 fully saturated rings. The fourth-order valence-electron chi connectivity index (χ4n) is 5.03. The van der Waals surface area contributed by atoms with Gasteiger partial charge in [-0.1, -0.05) is 0 Å². The van der Waals surface area contributed by atoms with Gasteiger partial charge in [-0.25, -0.2) is 0 Å². The third-order valence-corrected chi connectivity index (χ3v) is 6.85. The average molecular weight is 358 g/mol. The molecule has 1 amide bonds. The molecular weight excluding hydrogens is 336 g/mol. The second-order valence-corrected chi connectivity index (χ2v) is 8.33. The molecule has 2 aromatic rings. The molecule has 3 aliphatic rings. The molecule has 3 saturated heterocycles. The molecule has 0 unspecified atom stereocenters. The molecule has 2 aromatic heterocycles. The van der Waals surface area contributed by atoms with Crippen molar-refractivity contribution in [2.75, 3.05) is 19.6 Å². The Morgan fingerprint density at radius 2 is 2.40 bits per heavy atom. The van der Waals surface area contributed by atoms with Crippen LogP contribution in [-0.2, 0) is 11.3 Å². The van der Waals surface area contributed by atoms with E-state index in [1.165, 1.54) is 18.1 Å². The van der Waals surface area contributed by atoms with Crippen LogP contribution < -0.4 is 5.32 Å². The minimum absolute atomic E-state index is 0.0196. The standard InChI is InChI=1S/C19H22N2O3S/c22-18(14-2-5-23-10-14)20-7-15-16-9-21(8-13-3-6-25-11-13)12-19(16)4-1-17(15)24-19/h2-3,5-6,10-11,15-17H,1,4,7-9,12H2,(H,20,22)/t15-,16+,17+,19+/m0/s1. The van der Waals surface area contributed by atoms with Crippen LogP contribution in [0.3, 0.4) is 0 Å². The van der Waals surface area contributed by atoms with Crippen molar-refractivity contribution in [1.29, 1.82) is 0 Å². The third-order valence-electron chi connectivity index (χ3n) is 6.12. The molecule has 6 heteroatoms. The summed E-state index contributed by atoms with van der Waals surface area (Å²) < 4.78 is 11.5. The molecule has 0 aromatic carbocycles. The zero-order chi connectivity index (χ0) is 16.9. The van der Waals surface area contributed by atoms with E-state index in [-0.39, 0.29) is 11.5 Å². The lowest BCUT2D eigenvalue weighted by Crippen LogP contribution is -2.41. The van der Waals surface area contributed by atoms with E-state index in [1.807, 2.05) is 0 Å². The largest absolute Gasteiger partial charge is 0.472 e. The second-order valence-electron chi connectivity index (χ2n) is 7.55. The highest BCUT2D eigenvalue weighted by atomic mass is 32.1. The Kier molecular flexibility index (Phi) is 3.73. The van der Waals surface area contributed by atoms with E-state index < -0.39 is 0 Å². The topological polar surface area (TPSA) is 54.7 Å². The molecule has 0 aliphatic carbocycles. The van der Waals surface area contributed by atoms with Gasteiger partial charge >= 0.3 is 0 Å². The van der Waals surface area contributed by atoms with E-state index in [4.69, 9.17) is 9.15 Å². The molecule has 0 radical (unpaired) electrons. The Balaban J connectivity index is 1.26. The maximum absolute atomic E-state index is 12.2. The van der Waals surface area contributed by atoms with Crippen LogP contribution in [0.5, 0.6) is 0 Å². The van der Waals surface area contributed by atoms with Crippen LogP contribution in [0.1, 0.15) is 28.8 Å². The van der Waals surface area contributed by atoms with Crippen molar-refractivity contribution >= 4 is 17.2 Å². The lowest BCUT2D eigenvalue weighted by atomic mass is 9.73. The van der Waals surface area contributed by atoms with Crippen LogP contribution in [0, 0.1) is 11.8 Å². The Bertz CT molecular complexity index is 745. The first-order valence-electron chi connectivity index (χ1n) is 8.95. The number of fused-ring (bicyclic) bond motifs is 1. The maximum Gasteiger partial charge on any atom is 0.254 e. The highest BCUT2D eigenvalue weighted by molar-refractivity contribution is 7.07. The Morgan fingerprint density at radius 1 is 1.44 bits per heavy atom. The number of furan rings is 1. The lowest BCUT2D eigenvalue weighted by molar-refractivity contribution is 0.00213. The van der Waals surface area contributed by atoms with E-state index in [0.29, 0.717) is 30.0 Å². The van der Waals surface area contributed by atoms with Gasteiger partial charge in [0.1, 0.15) is 6.26 Å². The summed E-state index contributed by atoms with van der Waals surface area (Å²) in [7, 11) is 0. The number of ether oxygens (including phenoxy) is 1. The summed E-state index contributed by atoms with van der Waals surface area (Å²) in [6.45, 7) is 3.78. The van der Waals surface area contributed by atoms with Gasteiger partial charge in [-0.15, -0.1) is 0 Å². The summed E-state index contributed by atoms with van der Waals surface area (Å²) in [5.74, 6) is 0.880. The summed E-state index contributed by atoms with van der Waals surface area (Å²) >= 11 is 1.75. The molecule has 5 heterocycles. The van der Waals surface area contributed by atoms with Crippen LogP contribution in [0.2, 0.25) is 0 Å². The van der Waals surface area contributed by atoms with Crippen molar-refractivity contribution in [1.82, 2.24) is 10.2 Å². The quantitative estimate of drug-likeness (QED) is 0.893. The number of amides is 1. The summed E-state index contributed by atoms with van der Waals surface area (Å²) in [5, 5.41) is 7.45. The molecule has 4 atom stereocenters. The number of carbonyl (C=O) groups excluding carboxylic acids is 1. The minimum atomic E-state index is -0.0568. The molecular formula is C19H22N2O3S. The number of thiophene rings is 1. The fraction of sp³-hybridized carbons (Fsp3) is 0.526. The molecule has 132 valence electrons. The Labute approximate surface area is 151 Å². The number of carbonyl (C=O) groups is 1. The SMILES string of the molecule is O=C(NC[C@H]1[C@H]2CN(Cc3ccsc3)C[C@]23CC[C@H]1O3)c1ccoc1. The summed E-state index contributed by atoms with van der Waals surface area (Å²) in [5.41, 5.74) is 2.00. The number of hydrogen-bond acceptors (Lipinski definition) is 5. The first-order valence-corrected chi connectivity index (χ1v) is 9.89. The van der Waals surface area contributed by atoms with Crippen molar-refractivity contribution < 1.29 is 13.9 Å². The highest BCUT2D eigenvalue weighted by Gasteiger charge is 2.62. The third kappa shape index (κ3) is 2.63. The monoisotopic (exact) mass is 358 g/mol. The Hall–Kier alpha value is -1.63. The van der Waals surface area contributed by atoms with Crippen molar-refractivity contribution in [2.45, 2.75) is 31.1 Å². The molecule has 0 saturated carbocycles. The van der Waals surface area contributed by atoms with Gasteiger partial charge in [-0.3, -0.25) is 9.69 Å². The number of likely N-dealkylation sites (tertiary alicyclic amines) is 1. The fourth-order valence-corrected chi connectivity index (χ4v) is 5.69. The van der Waals surface area contributed by atoms with Gasteiger partial charge in [0.15, 0.2) is 0 Å². The number of hydrogen-bond donors (Lipinski definition) is 1. The number of nitrogens with one attached hydrogen (secondary N) is 1. The van der Waals surface area contributed by atoms with E-state index in [0.717, 1.165) is 32.5 Å². The molecule has 5 nitrogen and oxygen atoms in total. The molecule has 5 rings (SSSR count). The average Bonchev–Trinajstić information content (AvgIpc) is 3.38. The molecule has 1 spiro atoms. The zero-order valence-corrected chi connectivity index (χ0v) is 14.8. The van der Waals surface area contributed by atoms with Gasteiger partial charge in [-0.05, 0) is 41.3 Å². The zero-order valence-electron chi connectivity index (χ0n) is 14.0. The predicted molar refractivity (Wildman–Crippen MR) is 94.5 cm³/mol. The van der Waals surface area contributed by atoms with E-state index in [2.05, 4.69) is 27.0 Å². The molecule has 1 N–H and O–H groups in total. The van der Waals surface area contributed by atoms with Gasteiger partial charge in [0, 0.05) is 38.0 Å². The van der Waals surface area contributed by atoms with E-state index >= 15 is 0 Å². The van der Waals surface area contributed by atoms with Crippen molar-refractivity contribution in [3.63, 3.8) is 0 Å². The minimum Gasteiger partial charge on any atom is -0.472 e. The van der Waals surface area contributed by atoms with Gasteiger partial charge < -0.3 is 14.5 Å². The molecule has 2 bridgehead atoms. The van der Waals surface area contributed by atoms with Crippen LogP contribution in [0.15, 0.2) is 39.8 Å². The van der Waals surface area contributed by atoms with Gasteiger partial charge in [0.05, 0.1) is 23.5 Å². The van der Waals surface area contributed by atoms with Crippen molar-refractivity contribution in [3.8, 4) is 0 Å². The normalized spacial score (nSPS) is 33.7. The second kappa shape index (κ2) is 5.97. The van der Waals surface area contributed by atoms with E-state index in [9.17, 15) is 4.79 Å². The van der Waals surface area contributed by atoms with Gasteiger partial charge in [0.2, 0.25) is 0 Å².